The van der Waals surface area contributed by atoms with Crippen LogP contribution in [0.2, 0.25) is 0 Å². The SMILES string of the molecule is CCN(C)C(=O)Cn1ccc2cc(CN)ccc21. The van der Waals surface area contributed by atoms with Crippen molar-refractivity contribution < 1.29 is 4.79 Å². The number of benzene rings is 1. The predicted octanol–water partition coefficient (Wildman–Crippen LogP) is 1.58. The van der Waals surface area contributed by atoms with Gasteiger partial charge in [-0.3, -0.25) is 4.79 Å². The van der Waals surface area contributed by atoms with E-state index in [1.54, 1.807) is 4.90 Å². The first-order valence-corrected chi connectivity index (χ1v) is 6.17. The van der Waals surface area contributed by atoms with Gasteiger partial charge in [0.05, 0.1) is 0 Å². The Labute approximate surface area is 107 Å². The standard InChI is InChI=1S/C14H19N3O/c1-3-16(2)14(18)10-17-7-6-12-8-11(9-15)4-5-13(12)17/h4-8H,3,9-10,15H2,1-2H3. The molecule has 0 atom stereocenters. The number of carbonyl (C=O) groups is 1. The van der Waals surface area contributed by atoms with Crippen LogP contribution in [0, 0.1) is 0 Å². The van der Waals surface area contributed by atoms with E-state index < -0.39 is 0 Å². The number of hydrogen-bond acceptors (Lipinski definition) is 2. The summed E-state index contributed by atoms with van der Waals surface area (Å²) in [5.74, 6) is 0.123. The van der Waals surface area contributed by atoms with Crippen molar-refractivity contribution in [3.8, 4) is 0 Å². The number of hydrogen-bond donors (Lipinski definition) is 1. The van der Waals surface area contributed by atoms with Crippen LogP contribution >= 0.6 is 0 Å². The third-order valence-electron chi connectivity index (χ3n) is 3.28. The highest BCUT2D eigenvalue weighted by Gasteiger charge is 2.09. The zero-order chi connectivity index (χ0) is 13.1. The second-order valence-electron chi connectivity index (χ2n) is 4.45. The Balaban J connectivity index is 2.27. The third kappa shape index (κ3) is 2.38. The molecule has 0 fully saturated rings. The van der Waals surface area contributed by atoms with Crippen molar-refractivity contribution in [3.05, 3.63) is 36.0 Å². The van der Waals surface area contributed by atoms with Crippen molar-refractivity contribution in [1.29, 1.82) is 0 Å². The minimum absolute atomic E-state index is 0.123. The molecule has 0 bridgehead atoms. The van der Waals surface area contributed by atoms with Gasteiger partial charge in [-0.15, -0.1) is 0 Å². The van der Waals surface area contributed by atoms with Crippen molar-refractivity contribution in [3.63, 3.8) is 0 Å². The average molecular weight is 245 g/mol. The molecule has 1 aromatic carbocycles. The normalized spacial score (nSPS) is 10.8. The van der Waals surface area contributed by atoms with Gasteiger partial charge in [-0.2, -0.15) is 0 Å². The Morgan fingerprint density at radius 2 is 2.17 bits per heavy atom. The summed E-state index contributed by atoms with van der Waals surface area (Å²) in [5, 5.41) is 1.13. The van der Waals surface area contributed by atoms with Crippen molar-refractivity contribution in [2.45, 2.75) is 20.0 Å². The number of fused-ring (bicyclic) bond motifs is 1. The van der Waals surface area contributed by atoms with Crippen LogP contribution in [-0.2, 0) is 17.9 Å². The topological polar surface area (TPSA) is 51.3 Å². The molecule has 0 saturated heterocycles. The number of nitrogens with zero attached hydrogens (tertiary/aromatic N) is 2. The molecule has 4 heteroatoms. The molecule has 0 aliphatic rings. The summed E-state index contributed by atoms with van der Waals surface area (Å²) >= 11 is 0. The fourth-order valence-electron chi connectivity index (χ4n) is 1.96. The van der Waals surface area contributed by atoms with Crippen molar-refractivity contribution in [2.24, 2.45) is 5.73 Å². The summed E-state index contributed by atoms with van der Waals surface area (Å²) < 4.78 is 1.98. The number of amides is 1. The Morgan fingerprint density at radius 1 is 1.39 bits per heavy atom. The van der Waals surface area contributed by atoms with E-state index in [0.29, 0.717) is 13.1 Å². The van der Waals surface area contributed by atoms with Crippen LogP contribution in [0.25, 0.3) is 10.9 Å². The molecular formula is C14H19N3O. The summed E-state index contributed by atoms with van der Waals surface area (Å²) in [4.78, 5) is 13.6. The third-order valence-corrected chi connectivity index (χ3v) is 3.28. The van der Waals surface area contributed by atoms with E-state index in [1.807, 2.05) is 42.9 Å². The minimum atomic E-state index is 0.123. The summed E-state index contributed by atoms with van der Waals surface area (Å²) in [7, 11) is 1.82. The zero-order valence-corrected chi connectivity index (χ0v) is 10.9. The highest BCUT2D eigenvalue weighted by molar-refractivity contribution is 5.83. The maximum Gasteiger partial charge on any atom is 0.242 e. The molecule has 1 amide bonds. The average Bonchev–Trinajstić information content (AvgIpc) is 2.80. The first-order valence-electron chi connectivity index (χ1n) is 6.17. The lowest BCUT2D eigenvalue weighted by molar-refractivity contribution is -0.130. The summed E-state index contributed by atoms with van der Waals surface area (Å²) in [6, 6.07) is 8.12. The summed E-state index contributed by atoms with van der Waals surface area (Å²) in [5.41, 5.74) is 7.80. The van der Waals surface area contributed by atoms with E-state index in [2.05, 4.69) is 6.07 Å². The molecule has 0 aliphatic heterocycles. The van der Waals surface area contributed by atoms with Gasteiger partial charge in [-0.25, -0.2) is 0 Å². The highest BCUT2D eigenvalue weighted by Crippen LogP contribution is 2.17. The Bertz CT molecular complexity index is 559. The van der Waals surface area contributed by atoms with Gasteiger partial charge >= 0.3 is 0 Å². The fourth-order valence-corrected chi connectivity index (χ4v) is 1.96. The molecule has 2 N–H and O–H groups in total. The van der Waals surface area contributed by atoms with Gasteiger partial charge < -0.3 is 15.2 Å². The van der Waals surface area contributed by atoms with Crippen LogP contribution in [0.15, 0.2) is 30.5 Å². The Morgan fingerprint density at radius 3 is 2.83 bits per heavy atom. The minimum Gasteiger partial charge on any atom is -0.344 e. The van der Waals surface area contributed by atoms with Gasteiger partial charge in [0.2, 0.25) is 5.91 Å². The quantitative estimate of drug-likeness (QED) is 0.889. The van der Waals surface area contributed by atoms with Crippen LogP contribution in [0.5, 0.6) is 0 Å². The van der Waals surface area contributed by atoms with Gasteiger partial charge in [0.25, 0.3) is 0 Å². The molecule has 1 heterocycles. The highest BCUT2D eigenvalue weighted by atomic mass is 16.2. The fraction of sp³-hybridized carbons (Fsp3) is 0.357. The first-order chi connectivity index (χ1) is 8.65. The van der Waals surface area contributed by atoms with E-state index in [4.69, 9.17) is 5.73 Å². The van der Waals surface area contributed by atoms with E-state index in [1.165, 1.54) is 0 Å². The summed E-state index contributed by atoms with van der Waals surface area (Å²) in [6.45, 7) is 3.63. The maximum atomic E-state index is 11.9. The number of carbonyl (C=O) groups excluding carboxylic acids is 1. The second kappa shape index (κ2) is 5.23. The largest absolute Gasteiger partial charge is 0.344 e. The molecule has 0 saturated carbocycles. The molecule has 2 aromatic rings. The van der Waals surface area contributed by atoms with Crippen molar-refractivity contribution >= 4 is 16.8 Å². The number of aromatic nitrogens is 1. The molecule has 4 nitrogen and oxygen atoms in total. The van der Waals surface area contributed by atoms with Crippen LogP contribution in [0.4, 0.5) is 0 Å². The molecule has 0 spiro atoms. The van der Waals surface area contributed by atoms with E-state index in [9.17, 15) is 4.79 Å². The summed E-state index contributed by atoms with van der Waals surface area (Å²) in [6.07, 6.45) is 1.95. The number of likely N-dealkylation sites (N-methyl/N-ethyl adjacent to an activating group) is 1. The lowest BCUT2D eigenvalue weighted by atomic mass is 10.1. The molecular weight excluding hydrogens is 226 g/mol. The van der Waals surface area contributed by atoms with E-state index in [-0.39, 0.29) is 5.91 Å². The van der Waals surface area contributed by atoms with Crippen LogP contribution < -0.4 is 5.73 Å². The van der Waals surface area contributed by atoms with Gasteiger partial charge in [-0.1, -0.05) is 6.07 Å². The van der Waals surface area contributed by atoms with Crippen LogP contribution in [0.3, 0.4) is 0 Å². The smallest absolute Gasteiger partial charge is 0.242 e. The maximum absolute atomic E-state index is 11.9. The van der Waals surface area contributed by atoms with Crippen molar-refractivity contribution in [2.75, 3.05) is 13.6 Å². The molecule has 0 aliphatic carbocycles. The second-order valence-corrected chi connectivity index (χ2v) is 4.45. The molecule has 2 rings (SSSR count). The predicted molar refractivity (Wildman–Crippen MR) is 73.1 cm³/mol. The van der Waals surface area contributed by atoms with Crippen LogP contribution in [0.1, 0.15) is 12.5 Å². The van der Waals surface area contributed by atoms with Crippen LogP contribution in [-0.4, -0.2) is 29.0 Å². The van der Waals surface area contributed by atoms with Gasteiger partial charge in [-0.05, 0) is 36.1 Å². The monoisotopic (exact) mass is 245 g/mol. The zero-order valence-electron chi connectivity index (χ0n) is 10.9. The molecule has 1 aromatic heterocycles. The van der Waals surface area contributed by atoms with Gasteiger partial charge in [0.15, 0.2) is 0 Å². The molecule has 96 valence electrons. The molecule has 0 unspecified atom stereocenters. The number of rotatable bonds is 4. The molecule has 18 heavy (non-hydrogen) atoms. The van der Waals surface area contributed by atoms with Crippen molar-refractivity contribution in [1.82, 2.24) is 9.47 Å². The Hall–Kier alpha value is -1.81. The van der Waals surface area contributed by atoms with Gasteiger partial charge in [0.1, 0.15) is 6.54 Å². The first kappa shape index (κ1) is 12.6. The number of nitrogens with two attached hydrogens (primary N) is 1. The van der Waals surface area contributed by atoms with E-state index >= 15 is 0 Å². The molecule has 0 radical (unpaired) electrons. The van der Waals surface area contributed by atoms with Gasteiger partial charge in [0, 0.05) is 31.9 Å². The lowest BCUT2D eigenvalue weighted by Gasteiger charge is -2.15. The Kier molecular flexibility index (Phi) is 3.67. The van der Waals surface area contributed by atoms with E-state index in [0.717, 1.165) is 23.0 Å². The lowest BCUT2D eigenvalue weighted by Crippen LogP contribution is -2.29.